The summed E-state index contributed by atoms with van der Waals surface area (Å²) in [5.74, 6) is -0.340. The molecule has 62 valence electrons. The van der Waals surface area contributed by atoms with E-state index >= 15 is 0 Å². The van der Waals surface area contributed by atoms with Gasteiger partial charge in [-0.25, -0.2) is 4.39 Å². The highest BCUT2D eigenvalue weighted by Crippen LogP contribution is 2.15. The summed E-state index contributed by atoms with van der Waals surface area (Å²) < 4.78 is 13.3. The summed E-state index contributed by atoms with van der Waals surface area (Å²) in [4.78, 5) is 2.58. The molecule has 0 bridgehead atoms. The molecule has 0 spiro atoms. The molecule has 0 amide bonds. The van der Waals surface area contributed by atoms with Crippen LogP contribution in [0.1, 0.15) is 5.56 Å². The average Bonchev–Trinajstić information content (AvgIpc) is 1.99. The normalized spacial score (nSPS) is 9.17. The van der Waals surface area contributed by atoms with Gasteiger partial charge < -0.3 is 0 Å². The second kappa shape index (κ2) is 4.09. The Morgan fingerprint density at radius 2 is 2.25 bits per heavy atom. The first-order valence-electron chi connectivity index (χ1n) is 3.18. The van der Waals surface area contributed by atoms with Crippen molar-refractivity contribution in [1.29, 1.82) is 0 Å². The number of hydrogen-bond acceptors (Lipinski definition) is 1. The van der Waals surface area contributed by atoms with Gasteiger partial charge in [0.1, 0.15) is 5.82 Å². The molecule has 0 saturated heterocycles. The van der Waals surface area contributed by atoms with Gasteiger partial charge in [0.15, 0.2) is 0 Å². The SMILES string of the molecule is [N-]=[N+]=NCc1cc(F)cc(Br)c1. The van der Waals surface area contributed by atoms with Crippen molar-refractivity contribution in [2.24, 2.45) is 5.11 Å². The van der Waals surface area contributed by atoms with E-state index in [4.69, 9.17) is 5.53 Å². The summed E-state index contributed by atoms with van der Waals surface area (Å²) in [7, 11) is 0. The zero-order valence-corrected chi connectivity index (χ0v) is 7.62. The molecule has 0 aliphatic heterocycles. The van der Waals surface area contributed by atoms with Gasteiger partial charge in [-0.15, -0.1) is 0 Å². The molecule has 0 aliphatic carbocycles. The van der Waals surface area contributed by atoms with E-state index in [0.29, 0.717) is 10.0 Å². The molecule has 0 unspecified atom stereocenters. The molecular weight excluding hydrogens is 225 g/mol. The maximum Gasteiger partial charge on any atom is 0.124 e. The number of nitrogens with zero attached hydrogens (tertiary/aromatic N) is 3. The Hall–Kier alpha value is -1.06. The van der Waals surface area contributed by atoms with Gasteiger partial charge in [-0.1, -0.05) is 21.0 Å². The Morgan fingerprint density at radius 1 is 1.50 bits per heavy atom. The van der Waals surface area contributed by atoms with Crippen LogP contribution >= 0.6 is 15.9 Å². The van der Waals surface area contributed by atoms with Crippen LogP contribution in [-0.4, -0.2) is 0 Å². The molecule has 3 nitrogen and oxygen atoms in total. The largest absolute Gasteiger partial charge is 0.207 e. The first-order valence-corrected chi connectivity index (χ1v) is 3.97. The Labute approximate surface area is 77.0 Å². The van der Waals surface area contributed by atoms with E-state index in [1.165, 1.54) is 12.1 Å². The van der Waals surface area contributed by atoms with Crippen molar-refractivity contribution in [2.45, 2.75) is 6.54 Å². The van der Waals surface area contributed by atoms with Gasteiger partial charge in [-0.05, 0) is 29.3 Å². The molecule has 0 aliphatic rings. The van der Waals surface area contributed by atoms with Crippen molar-refractivity contribution >= 4 is 15.9 Å². The van der Waals surface area contributed by atoms with Gasteiger partial charge in [0.2, 0.25) is 0 Å². The molecule has 1 aromatic rings. The summed E-state index contributed by atoms with van der Waals surface area (Å²) in [6.45, 7) is 0.173. The van der Waals surface area contributed by atoms with Crippen LogP contribution < -0.4 is 0 Å². The number of halogens is 2. The third-order valence-corrected chi connectivity index (χ3v) is 1.70. The lowest BCUT2D eigenvalue weighted by Gasteiger charge is -1.96. The van der Waals surface area contributed by atoms with E-state index in [1.54, 1.807) is 6.07 Å². The lowest BCUT2D eigenvalue weighted by molar-refractivity contribution is 0.624. The molecule has 1 aromatic carbocycles. The van der Waals surface area contributed by atoms with Crippen molar-refractivity contribution in [3.8, 4) is 0 Å². The lowest BCUT2D eigenvalue weighted by atomic mass is 10.2. The molecule has 0 N–H and O–H groups in total. The van der Waals surface area contributed by atoms with Crippen LogP contribution in [0.5, 0.6) is 0 Å². The second-order valence-electron chi connectivity index (χ2n) is 2.17. The minimum absolute atomic E-state index is 0.173. The van der Waals surface area contributed by atoms with Crippen LogP contribution in [-0.2, 0) is 6.54 Å². The van der Waals surface area contributed by atoms with E-state index in [-0.39, 0.29) is 12.4 Å². The summed E-state index contributed by atoms with van der Waals surface area (Å²) in [5, 5.41) is 3.32. The molecule has 0 aromatic heterocycles. The maximum atomic E-state index is 12.7. The summed E-state index contributed by atoms with van der Waals surface area (Å²) >= 11 is 3.13. The Bertz CT molecular complexity index is 313. The number of benzene rings is 1. The second-order valence-corrected chi connectivity index (χ2v) is 3.08. The number of azide groups is 1. The van der Waals surface area contributed by atoms with Crippen molar-refractivity contribution in [3.63, 3.8) is 0 Å². The molecular formula is C7H5BrFN3. The van der Waals surface area contributed by atoms with Crippen LogP contribution in [0.15, 0.2) is 27.8 Å². The zero-order valence-electron chi connectivity index (χ0n) is 6.04. The molecule has 0 atom stereocenters. The molecule has 0 radical (unpaired) electrons. The van der Waals surface area contributed by atoms with Crippen molar-refractivity contribution in [3.05, 3.63) is 44.5 Å². The molecule has 1 rings (SSSR count). The first kappa shape index (κ1) is 9.03. The third kappa shape index (κ3) is 2.53. The van der Waals surface area contributed by atoms with Gasteiger partial charge in [-0.3, -0.25) is 0 Å². The highest BCUT2D eigenvalue weighted by Gasteiger charge is 1.96. The molecule has 5 heteroatoms. The van der Waals surface area contributed by atoms with E-state index in [9.17, 15) is 4.39 Å². The Kier molecular flexibility index (Phi) is 3.08. The molecule has 0 fully saturated rings. The van der Waals surface area contributed by atoms with Crippen LogP contribution in [0.4, 0.5) is 4.39 Å². The van der Waals surface area contributed by atoms with Gasteiger partial charge >= 0.3 is 0 Å². The zero-order chi connectivity index (χ0) is 8.97. The minimum Gasteiger partial charge on any atom is -0.207 e. The summed E-state index contributed by atoms with van der Waals surface area (Å²) in [6.07, 6.45) is 0. The molecule has 0 saturated carbocycles. The van der Waals surface area contributed by atoms with Gasteiger partial charge in [0.25, 0.3) is 0 Å². The van der Waals surface area contributed by atoms with E-state index < -0.39 is 0 Å². The summed E-state index contributed by atoms with van der Waals surface area (Å²) in [5.41, 5.74) is 8.67. The monoisotopic (exact) mass is 229 g/mol. The Morgan fingerprint density at radius 3 is 2.83 bits per heavy atom. The van der Waals surface area contributed by atoms with Crippen molar-refractivity contribution in [1.82, 2.24) is 0 Å². The number of rotatable bonds is 2. The van der Waals surface area contributed by atoms with E-state index in [2.05, 4.69) is 26.0 Å². The third-order valence-electron chi connectivity index (χ3n) is 1.24. The van der Waals surface area contributed by atoms with Crippen molar-refractivity contribution < 1.29 is 4.39 Å². The van der Waals surface area contributed by atoms with Crippen LogP contribution in [0.3, 0.4) is 0 Å². The smallest absolute Gasteiger partial charge is 0.124 e. The van der Waals surface area contributed by atoms with E-state index in [1.807, 2.05) is 0 Å². The van der Waals surface area contributed by atoms with E-state index in [0.717, 1.165) is 0 Å². The fourth-order valence-electron chi connectivity index (χ4n) is 0.816. The average molecular weight is 230 g/mol. The molecule has 0 heterocycles. The minimum atomic E-state index is -0.340. The maximum absolute atomic E-state index is 12.7. The van der Waals surface area contributed by atoms with Crippen LogP contribution in [0, 0.1) is 5.82 Å². The van der Waals surface area contributed by atoms with Gasteiger partial charge in [-0.2, -0.15) is 0 Å². The topological polar surface area (TPSA) is 48.8 Å². The quantitative estimate of drug-likeness (QED) is 0.424. The first-order chi connectivity index (χ1) is 5.72. The predicted molar refractivity (Wildman–Crippen MR) is 47.0 cm³/mol. The number of hydrogen-bond donors (Lipinski definition) is 0. The highest BCUT2D eigenvalue weighted by atomic mass is 79.9. The van der Waals surface area contributed by atoms with Crippen LogP contribution in [0.25, 0.3) is 10.4 Å². The van der Waals surface area contributed by atoms with Gasteiger partial charge in [0, 0.05) is 9.38 Å². The fourth-order valence-corrected chi connectivity index (χ4v) is 1.33. The predicted octanol–water partition coefficient (Wildman–Crippen LogP) is 3.40. The van der Waals surface area contributed by atoms with Gasteiger partial charge in [0.05, 0.1) is 6.54 Å². The molecule has 12 heavy (non-hydrogen) atoms. The summed E-state index contributed by atoms with van der Waals surface area (Å²) in [6, 6.07) is 4.39. The lowest BCUT2D eigenvalue weighted by Crippen LogP contribution is -1.83. The fraction of sp³-hybridized carbons (Fsp3) is 0.143. The Balaban J connectivity index is 2.92. The standard InChI is InChI=1S/C7H5BrFN3/c8-6-1-5(4-11-12-10)2-7(9)3-6/h1-3H,4H2. The highest BCUT2D eigenvalue weighted by molar-refractivity contribution is 9.10. The van der Waals surface area contributed by atoms with Crippen molar-refractivity contribution in [2.75, 3.05) is 0 Å². The van der Waals surface area contributed by atoms with Crippen LogP contribution in [0.2, 0.25) is 0 Å².